The number of methoxy groups -OCH3 is 1. The van der Waals surface area contributed by atoms with Gasteiger partial charge in [-0.25, -0.2) is 4.79 Å². The van der Waals surface area contributed by atoms with Crippen LogP contribution in [0.15, 0.2) is 0 Å². The second-order valence-corrected chi connectivity index (χ2v) is 11.4. The maximum absolute atomic E-state index is 12.5. The van der Waals surface area contributed by atoms with Gasteiger partial charge >= 0.3 is 5.97 Å². The summed E-state index contributed by atoms with van der Waals surface area (Å²) in [5, 5.41) is 22.6. The Morgan fingerprint density at radius 2 is 1.82 bits per heavy atom. The zero-order chi connectivity index (χ0) is 23.8. The Kier molecular flexibility index (Phi) is 3.95. The number of esters is 1. The van der Waals surface area contributed by atoms with E-state index in [4.69, 9.17) is 23.7 Å². The largest absolute Gasteiger partial charge is 0.495 e. The van der Waals surface area contributed by atoms with Gasteiger partial charge in [-0.3, -0.25) is 0 Å². The minimum atomic E-state index is -1.70. The van der Waals surface area contributed by atoms with Gasteiger partial charge in [0, 0.05) is 35.3 Å². The van der Waals surface area contributed by atoms with Crippen molar-refractivity contribution in [2.45, 2.75) is 95.8 Å². The van der Waals surface area contributed by atoms with Crippen molar-refractivity contribution < 1.29 is 38.7 Å². The number of aliphatic hydroxyl groups excluding tert-OH is 1. The molecule has 1 aromatic carbocycles. The normalized spacial score (nSPS) is 44.2. The summed E-state index contributed by atoms with van der Waals surface area (Å²) < 4.78 is 30.2. The van der Waals surface area contributed by atoms with Crippen LogP contribution in [0.5, 0.6) is 11.5 Å². The number of fused-ring (bicyclic) bond motifs is 5. The third-order valence-electron chi connectivity index (χ3n) is 9.38. The van der Waals surface area contributed by atoms with Crippen molar-refractivity contribution in [3.8, 4) is 11.5 Å². The maximum atomic E-state index is 12.5. The van der Waals surface area contributed by atoms with Gasteiger partial charge in [0.1, 0.15) is 40.5 Å². The number of carbonyl (C=O) groups is 1. The number of ether oxygens (including phenoxy) is 5. The third-order valence-corrected chi connectivity index (χ3v) is 9.38. The molecule has 4 heterocycles. The number of carbonyl (C=O) groups excluding carboxylic acids is 1. The van der Waals surface area contributed by atoms with Gasteiger partial charge in [-0.05, 0) is 46.1 Å². The minimum Gasteiger partial charge on any atom is -0.495 e. The first-order chi connectivity index (χ1) is 15.3. The fourth-order valence-corrected chi connectivity index (χ4v) is 8.09. The van der Waals surface area contributed by atoms with Crippen LogP contribution in [0.25, 0.3) is 0 Å². The summed E-state index contributed by atoms with van der Waals surface area (Å²) in [5.41, 5.74) is -0.292. The molecule has 0 amide bonds. The van der Waals surface area contributed by atoms with Crippen LogP contribution in [-0.2, 0) is 27.2 Å². The van der Waals surface area contributed by atoms with Gasteiger partial charge in [0.05, 0.1) is 13.2 Å². The number of benzene rings is 1. The van der Waals surface area contributed by atoms with Crippen LogP contribution in [-0.4, -0.2) is 52.2 Å². The molecular formula is C25H32O8. The van der Waals surface area contributed by atoms with E-state index in [0.29, 0.717) is 42.7 Å². The van der Waals surface area contributed by atoms with Crippen molar-refractivity contribution in [3.05, 3.63) is 22.3 Å². The molecule has 5 aliphatic rings. The highest BCUT2D eigenvalue weighted by atomic mass is 16.9. The molecule has 3 fully saturated rings. The molecule has 2 bridgehead atoms. The highest BCUT2D eigenvalue weighted by Gasteiger charge is 2.80. The second kappa shape index (κ2) is 6.03. The molecule has 6 atom stereocenters. The molecule has 1 saturated carbocycles. The molecule has 1 aliphatic carbocycles. The van der Waals surface area contributed by atoms with Crippen LogP contribution in [0, 0.1) is 18.3 Å². The van der Waals surface area contributed by atoms with Crippen LogP contribution in [0.2, 0.25) is 0 Å². The van der Waals surface area contributed by atoms with Crippen LogP contribution >= 0.6 is 0 Å². The average Bonchev–Trinajstić information content (AvgIpc) is 3.19. The monoisotopic (exact) mass is 460 g/mol. The summed E-state index contributed by atoms with van der Waals surface area (Å²) >= 11 is 0. The van der Waals surface area contributed by atoms with E-state index in [-0.39, 0.29) is 18.5 Å². The maximum Gasteiger partial charge on any atom is 0.342 e. The number of rotatable bonds is 1. The smallest absolute Gasteiger partial charge is 0.342 e. The predicted octanol–water partition coefficient (Wildman–Crippen LogP) is 2.76. The summed E-state index contributed by atoms with van der Waals surface area (Å²) in [6.45, 7) is 10.1. The summed E-state index contributed by atoms with van der Waals surface area (Å²) in [7, 11) is 1.57. The molecule has 1 aromatic rings. The van der Waals surface area contributed by atoms with E-state index >= 15 is 0 Å². The van der Waals surface area contributed by atoms with Gasteiger partial charge in [-0.15, -0.1) is 0 Å². The third kappa shape index (κ3) is 2.29. The topological polar surface area (TPSA) is 104 Å². The Hall–Kier alpha value is -1.87. The Labute approximate surface area is 193 Å². The first-order valence-corrected chi connectivity index (χ1v) is 11.7. The summed E-state index contributed by atoms with van der Waals surface area (Å²) in [6.07, 6.45) is 0.893. The standard InChI is InChI=1S/C25H32O8/c1-12-14-11-30-20(27)17(14)19(29-6)13-9-15-22(4)7-8-24(28)32-21(2,3)25(22,33-24)16(26)10-23(15,5)31-18(12)13/h15-16,26,28H,7-11H2,1-6H3/t15-,16-,22+,23-,24-,25+/m1/s1. The molecule has 1 spiro atoms. The summed E-state index contributed by atoms with van der Waals surface area (Å²) in [4.78, 5) is 12.5. The Morgan fingerprint density at radius 1 is 1.09 bits per heavy atom. The lowest BCUT2D eigenvalue weighted by molar-refractivity contribution is -0.384. The lowest BCUT2D eigenvalue weighted by Gasteiger charge is -2.66. The highest BCUT2D eigenvalue weighted by Crippen LogP contribution is 2.70. The first-order valence-electron chi connectivity index (χ1n) is 11.7. The number of hydrogen-bond acceptors (Lipinski definition) is 8. The van der Waals surface area contributed by atoms with E-state index in [9.17, 15) is 15.0 Å². The Bertz CT molecular complexity index is 1100. The van der Waals surface area contributed by atoms with E-state index in [1.807, 2.05) is 27.7 Å². The van der Waals surface area contributed by atoms with Crippen molar-refractivity contribution in [2.24, 2.45) is 11.3 Å². The van der Waals surface area contributed by atoms with Gasteiger partial charge in [0.25, 0.3) is 5.97 Å². The molecule has 0 radical (unpaired) electrons. The molecule has 2 saturated heterocycles. The highest BCUT2D eigenvalue weighted by molar-refractivity contribution is 5.98. The molecule has 6 rings (SSSR count). The molecule has 4 aliphatic heterocycles. The molecule has 8 heteroatoms. The summed E-state index contributed by atoms with van der Waals surface area (Å²) in [6, 6.07) is 0. The van der Waals surface area contributed by atoms with Crippen LogP contribution in [0.1, 0.15) is 74.0 Å². The molecule has 8 nitrogen and oxygen atoms in total. The molecule has 0 unspecified atom stereocenters. The fourth-order valence-electron chi connectivity index (χ4n) is 8.09. The molecular weight excluding hydrogens is 428 g/mol. The second-order valence-electron chi connectivity index (χ2n) is 11.4. The predicted molar refractivity (Wildman–Crippen MR) is 115 cm³/mol. The van der Waals surface area contributed by atoms with E-state index in [2.05, 4.69) is 6.92 Å². The first kappa shape index (κ1) is 21.6. The number of cyclic esters (lactones) is 1. The van der Waals surface area contributed by atoms with E-state index in [0.717, 1.165) is 16.7 Å². The van der Waals surface area contributed by atoms with Crippen molar-refractivity contribution >= 4 is 5.97 Å². The van der Waals surface area contributed by atoms with Crippen LogP contribution < -0.4 is 9.47 Å². The van der Waals surface area contributed by atoms with Gasteiger partial charge in [-0.1, -0.05) is 6.92 Å². The molecule has 2 N–H and O–H groups in total. The zero-order valence-electron chi connectivity index (χ0n) is 20.0. The quantitative estimate of drug-likeness (QED) is 0.617. The van der Waals surface area contributed by atoms with E-state index in [1.54, 1.807) is 7.11 Å². The molecule has 0 aromatic heterocycles. The lowest BCUT2D eigenvalue weighted by Crippen LogP contribution is -2.76. The molecule has 180 valence electrons. The van der Waals surface area contributed by atoms with Gasteiger partial charge in [-0.2, -0.15) is 0 Å². The van der Waals surface area contributed by atoms with E-state index < -0.39 is 34.3 Å². The van der Waals surface area contributed by atoms with Crippen molar-refractivity contribution in [3.63, 3.8) is 0 Å². The van der Waals surface area contributed by atoms with Crippen molar-refractivity contribution in [1.82, 2.24) is 0 Å². The van der Waals surface area contributed by atoms with Crippen molar-refractivity contribution in [1.29, 1.82) is 0 Å². The Balaban J connectivity index is 1.56. The minimum absolute atomic E-state index is 0.0878. The summed E-state index contributed by atoms with van der Waals surface area (Å²) in [5.74, 6) is -0.947. The van der Waals surface area contributed by atoms with Gasteiger partial charge < -0.3 is 33.9 Å². The van der Waals surface area contributed by atoms with Crippen LogP contribution in [0.3, 0.4) is 0 Å². The SMILES string of the molecule is COc1c2c(c(C)c3c1C(=O)OC3)O[C@]1(C)C[C@@H](O)[C@@]34O[C@@](O)(CC[C@@]3(C)[C@H]1C2)OC4(C)C. The van der Waals surface area contributed by atoms with Gasteiger partial charge in [0.2, 0.25) is 0 Å². The lowest BCUT2D eigenvalue weighted by atomic mass is 9.46. The van der Waals surface area contributed by atoms with Gasteiger partial charge in [0.15, 0.2) is 0 Å². The number of hydrogen-bond donors (Lipinski definition) is 2. The fraction of sp³-hybridized carbons (Fsp3) is 0.720. The van der Waals surface area contributed by atoms with Crippen LogP contribution in [0.4, 0.5) is 0 Å². The zero-order valence-corrected chi connectivity index (χ0v) is 20.0. The number of aliphatic hydroxyl groups is 2. The Morgan fingerprint density at radius 3 is 2.52 bits per heavy atom. The van der Waals surface area contributed by atoms with E-state index in [1.165, 1.54) is 0 Å². The average molecular weight is 461 g/mol. The van der Waals surface area contributed by atoms with Crippen molar-refractivity contribution in [2.75, 3.05) is 7.11 Å². The molecule has 33 heavy (non-hydrogen) atoms.